The average Bonchev–Trinajstić information content (AvgIpc) is 3.38. The summed E-state index contributed by atoms with van der Waals surface area (Å²) in [4.78, 5) is 15.0. The number of rotatable bonds is 10. The van der Waals surface area contributed by atoms with E-state index < -0.39 is 0 Å². The molecule has 0 bridgehead atoms. The van der Waals surface area contributed by atoms with Gasteiger partial charge >= 0.3 is 0 Å². The quantitative estimate of drug-likeness (QED) is 0.413. The molecule has 3 aromatic rings. The highest BCUT2D eigenvalue weighted by Gasteiger charge is 2.27. The van der Waals surface area contributed by atoms with Crippen LogP contribution in [0.4, 0.5) is 0 Å². The van der Waals surface area contributed by atoms with Gasteiger partial charge in [0.05, 0.1) is 12.3 Å². The number of carbonyl (C=O) groups is 1. The summed E-state index contributed by atoms with van der Waals surface area (Å²) >= 11 is 1.46. The van der Waals surface area contributed by atoms with Gasteiger partial charge in [0.25, 0.3) is 0 Å². The number of fused-ring (bicyclic) bond motifs is 1. The van der Waals surface area contributed by atoms with Crippen LogP contribution in [0.15, 0.2) is 53.7 Å². The minimum Gasteiger partial charge on any atom is -0.454 e. The van der Waals surface area contributed by atoms with E-state index in [-0.39, 0.29) is 12.7 Å². The predicted molar refractivity (Wildman–Crippen MR) is 127 cm³/mol. The van der Waals surface area contributed by atoms with Gasteiger partial charge in [0.1, 0.15) is 0 Å². The van der Waals surface area contributed by atoms with E-state index in [1.807, 2.05) is 53.4 Å². The van der Waals surface area contributed by atoms with E-state index in [4.69, 9.17) is 9.47 Å². The molecule has 2 heterocycles. The van der Waals surface area contributed by atoms with Gasteiger partial charge in [0.2, 0.25) is 12.7 Å². The third kappa shape index (κ3) is 5.16. The van der Waals surface area contributed by atoms with Crippen molar-refractivity contribution in [2.24, 2.45) is 5.92 Å². The molecule has 0 atom stereocenters. The molecule has 8 heteroatoms. The van der Waals surface area contributed by atoms with Crippen molar-refractivity contribution in [3.63, 3.8) is 0 Å². The van der Waals surface area contributed by atoms with Gasteiger partial charge in [0.15, 0.2) is 22.5 Å². The van der Waals surface area contributed by atoms with Crippen molar-refractivity contribution in [2.75, 3.05) is 25.6 Å². The number of benzene rings is 2. The second-order valence-corrected chi connectivity index (χ2v) is 9.46. The van der Waals surface area contributed by atoms with Crippen LogP contribution in [0, 0.1) is 5.92 Å². The zero-order chi connectivity index (χ0) is 22.6. The number of carbonyl (C=O) groups excluding carboxylic acids is 1. The molecule has 1 aliphatic carbocycles. The number of hydrogen-bond donors (Lipinski definition) is 0. The molecule has 0 unspecified atom stereocenters. The minimum atomic E-state index is 0.174. The average molecular weight is 465 g/mol. The highest BCUT2D eigenvalue weighted by molar-refractivity contribution is 7.99. The number of aromatic nitrogens is 3. The summed E-state index contributed by atoms with van der Waals surface area (Å²) in [6, 6.07) is 16.0. The molecule has 0 saturated heterocycles. The second kappa shape index (κ2) is 9.87. The van der Waals surface area contributed by atoms with Crippen LogP contribution >= 0.6 is 11.8 Å². The monoisotopic (exact) mass is 464 g/mol. The molecule has 33 heavy (non-hydrogen) atoms. The minimum absolute atomic E-state index is 0.174. The lowest BCUT2D eigenvalue weighted by molar-refractivity contribution is -0.128. The summed E-state index contributed by atoms with van der Waals surface area (Å²) in [7, 11) is 0. The Morgan fingerprint density at radius 2 is 1.94 bits per heavy atom. The lowest BCUT2D eigenvalue weighted by atomic mass is 10.2. The topological polar surface area (TPSA) is 69.5 Å². The van der Waals surface area contributed by atoms with Crippen LogP contribution in [0.1, 0.15) is 31.7 Å². The Morgan fingerprint density at radius 1 is 1.12 bits per heavy atom. The molecule has 1 saturated carbocycles. The highest BCUT2D eigenvalue weighted by atomic mass is 32.2. The van der Waals surface area contributed by atoms with Crippen LogP contribution in [0.3, 0.4) is 0 Å². The van der Waals surface area contributed by atoms with E-state index in [1.54, 1.807) is 0 Å². The first-order valence-corrected chi connectivity index (χ1v) is 12.5. The van der Waals surface area contributed by atoms with E-state index >= 15 is 0 Å². The van der Waals surface area contributed by atoms with Crippen molar-refractivity contribution in [1.29, 1.82) is 0 Å². The van der Waals surface area contributed by atoms with Gasteiger partial charge in [-0.15, -0.1) is 10.2 Å². The molecule has 5 rings (SSSR count). The summed E-state index contributed by atoms with van der Waals surface area (Å²) in [5.74, 6) is 3.52. The van der Waals surface area contributed by atoms with Crippen LogP contribution in [-0.4, -0.2) is 51.2 Å². The Balaban J connectivity index is 1.37. The third-order valence-corrected chi connectivity index (χ3v) is 6.82. The number of amides is 1. The van der Waals surface area contributed by atoms with Gasteiger partial charge in [0, 0.05) is 18.7 Å². The fourth-order valence-electron chi connectivity index (χ4n) is 3.98. The number of thioether (sulfide) groups is 1. The number of ether oxygens (including phenoxy) is 2. The van der Waals surface area contributed by atoms with Gasteiger partial charge in [-0.05, 0) is 42.9 Å². The summed E-state index contributed by atoms with van der Waals surface area (Å²) in [5.41, 5.74) is 2.05. The summed E-state index contributed by atoms with van der Waals surface area (Å²) in [5, 5.41) is 9.68. The van der Waals surface area contributed by atoms with Crippen LogP contribution in [-0.2, 0) is 11.3 Å². The van der Waals surface area contributed by atoms with E-state index in [0.717, 1.165) is 53.1 Å². The normalized spacial score (nSPS) is 14.5. The Morgan fingerprint density at radius 3 is 2.73 bits per heavy atom. The summed E-state index contributed by atoms with van der Waals surface area (Å²) < 4.78 is 13.1. The number of nitrogens with zero attached hydrogens (tertiary/aromatic N) is 4. The van der Waals surface area contributed by atoms with Crippen molar-refractivity contribution >= 4 is 17.7 Å². The molecular formula is C25H28N4O3S. The Kier molecular flexibility index (Phi) is 6.53. The predicted octanol–water partition coefficient (Wildman–Crippen LogP) is 4.46. The van der Waals surface area contributed by atoms with Gasteiger partial charge in [-0.1, -0.05) is 55.1 Å². The standard InChI is InChI=1S/C25H28N4O3S/c1-2-12-28(14-18-8-9-18)23(30)16-33-25-27-26-24(20-6-4-3-5-7-20)29(25)15-19-10-11-21-22(13-19)32-17-31-21/h3-7,10-11,13,18H,2,8-9,12,14-17H2,1H3. The number of hydrogen-bond acceptors (Lipinski definition) is 6. The molecule has 172 valence electrons. The highest BCUT2D eigenvalue weighted by Crippen LogP contribution is 2.34. The van der Waals surface area contributed by atoms with Gasteiger partial charge < -0.3 is 14.4 Å². The van der Waals surface area contributed by atoms with Crippen molar-refractivity contribution in [3.8, 4) is 22.9 Å². The van der Waals surface area contributed by atoms with E-state index in [2.05, 4.69) is 21.7 Å². The van der Waals surface area contributed by atoms with Crippen LogP contribution in [0.25, 0.3) is 11.4 Å². The molecule has 1 aliphatic heterocycles. The summed E-state index contributed by atoms with van der Waals surface area (Å²) in [6.07, 6.45) is 3.46. The van der Waals surface area contributed by atoms with Gasteiger partial charge in [-0.2, -0.15) is 0 Å². The lowest BCUT2D eigenvalue weighted by Gasteiger charge is -2.21. The Labute approximate surface area is 198 Å². The van der Waals surface area contributed by atoms with Crippen LogP contribution < -0.4 is 9.47 Å². The fourth-order valence-corrected chi connectivity index (χ4v) is 4.82. The van der Waals surface area contributed by atoms with Crippen LogP contribution in [0.5, 0.6) is 11.5 Å². The third-order valence-electron chi connectivity index (χ3n) is 5.87. The molecule has 0 spiro atoms. The maximum Gasteiger partial charge on any atom is 0.233 e. The molecular weight excluding hydrogens is 436 g/mol. The van der Waals surface area contributed by atoms with Crippen molar-refractivity contribution in [2.45, 2.75) is 37.9 Å². The van der Waals surface area contributed by atoms with Crippen molar-refractivity contribution in [3.05, 3.63) is 54.1 Å². The van der Waals surface area contributed by atoms with Crippen molar-refractivity contribution < 1.29 is 14.3 Å². The maximum atomic E-state index is 13.0. The van der Waals surface area contributed by atoms with E-state index in [9.17, 15) is 4.79 Å². The zero-order valence-corrected chi connectivity index (χ0v) is 19.6. The molecule has 0 N–H and O–H groups in total. The van der Waals surface area contributed by atoms with E-state index in [0.29, 0.717) is 18.2 Å². The zero-order valence-electron chi connectivity index (χ0n) is 18.8. The fraction of sp³-hybridized carbons (Fsp3) is 0.400. The van der Waals surface area contributed by atoms with E-state index in [1.165, 1.54) is 24.6 Å². The molecule has 1 amide bonds. The first kappa shape index (κ1) is 21.8. The van der Waals surface area contributed by atoms with Gasteiger partial charge in [-0.25, -0.2) is 0 Å². The maximum absolute atomic E-state index is 13.0. The smallest absolute Gasteiger partial charge is 0.233 e. The Bertz CT molecular complexity index is 1110. The first-order chi connectivity index (χ1) is 16.2. The molecule has 0 radical (unpaired) electrons. The first-order valence-electron chi connectivity index (χ1n) is 11.5. The molecule has 1 fully saturated rings. The Hall–Kier alpha value is -3.00. The summed E-state index contributed by atoms with van der Waals surface area (Å²) in [6.45, 7) is 4.64. The van der Waals surface area contributed by atoms with Gasteiger partial charge in [-0.3, -0.25) is 9.36 Å². The molecule has 2 aromatic carbocycles. The molecule has 2 aliphatic rings. The molecule has 1 aromatic heterocycles. The van der Waals surface area contributed by atoms with Crippen LogP contribution in [0.2, 0.25) is 0 Å². The van der Waals surface area contributed by atoms with Crippen molar-refractivity contribution in [1.82, 2.24) is 19.7 Å². The molecule has 7 nitrogen and oxygen atoms in total. The SMILES string of the molecule is CCCN(CC1CC1)C(=O)CSc1nnc(-c2ccccc2)n1Cc1ccc2c(c1)OCO2. The lowest BCUT2D eigenvalue weighted by Crippen LogP contribution is -2.35. The largest absolute Gasteiger partial charge is 0.454 e. The second-order valence-electron chi connectivity index (χ2n) is 8.52.